The Labute approximate surface area is 481 Å². The van der Waals surface area contributed by atoms with E-state index in [4.69, 9.17) is 14.2 Å². The van der Waals surface area contributed by atoms with Crippen LogP contribution in [0.15, 0.2) is 134 Å². The van der Waals surface area contributed by atoms with Crippen LogP contribution in [0.2, 0.25) is 0 Å². The Bertz CT molecular complexity index is 1670. The number of allylic oxidation sites excluding steroid dienone is 22. The number of rotatable bonds is 57. The molecule has 0 fully saturated rings. The van der Waals surface area contributed by atoms with Crippen LogP contribution in [0, 0.1) is 0 Å². The summed E-state index contributed by atoms with van der Waals surface area (Å²) in [5.74, 6) is -0.946. The number of hydrogen-bond acceptors (Lipinski definition) is 6. The van der Waals surface area contributed by atoms with Gasteiger partial charge in [-0.25, -0.2) is 0 Å². The lowest BCUT2D eigenvalue weighted by atomic mass is 10.1. The highest BCUT2D eigenvalue weighted by Gasteiger charge is 2.19. The summed E-state index contributed by atoms with van der Waals surface area (Å²) >= 11 is 0. The molecule has 1 atom stereocenters. The maximum Gasteiger partial charge on any atom is 0.306 e. The van der Waals surface area contributed by atoms with E-state index in [1.165, 1.54) is 109 Å². The van der Waals surface area contributed by atoms with Gasteiger partial charge in [-0.1, -0.05) is 257 Å². The molecule has 0 saturated heterocycles. The third-order valence-corrected chi connectivity index (χ3v) is 13.4. The van der Waals surface area contributed by atoms with Gasteiger partial charge < -0.3 is 14.2 Å². The molecule has 78 heavy (non-hydrogen) atoms. The van der Waals surface area contributed by atoms with Crippen molar-refractivity contribution in [1.29, 1.82) is 0 Å². The molecule has 442 valence electrons. The summed E-state index contributed by atoms with van der Waals surface area (Å²) in [5.41, 5.74) is 0. The highest BCUT2D eigenvalue weighted by atomic mass is 16.6. The quantitative estimate of drug-likeness (QED) is 0.0261. The van der Waals surface area contributed by atoms with E-state index in [1.807, 2.05) is 0 Å². The molecule has 0 aliphatic heterocycles. The van der Waals surface area contributed by atoms with Gasteiger partial charge in [0.05, 0.1) is 0 Å². The Hall–Kier alpha value is -4.45. The molecule has 0 aliphatic rings. The SMILES string of the molecule is CC/C=C\C/C=C\C/C=C\C/C=C\C/C=C\C/C=C\C/C=C\CCCCCC(=O)OCC(COC(=O)CCCCCCCCC/C=C\C/C=C\CCCCC)OC(=O)CCCCCCCCC/C=C\C/C=C\CCCCCC. The van der Waals surface area contributed by atoms with Crippen LogP contribution < -0.4 is 0 Å². The van der Waals surface area contributed by atoms with Gasteiger partial charge in [0.25, 0.3) is 0 Å². The van der Waals surface area contributed by atoms with Crippen molar-refractivity contribution in [3.05, 3.63) is 134 Å². The fraction of sp³-hybridized carbons (Fsp3) is 0.653. The maximum absolute atomic E-state index is 12.9. The van der Waals surface area contributed by atoms with E-state index in [1.54, 1.807) is 0 Å². The molecule has 0 spiro atoms. The molecule has 0 radical (unpaired) electrons. The molecule has 0 heterocycles. The van der Waals surface area contributed by atoms with Crippen LogP contribution >= 0.6 is 0 Å². The smallest absolute Gasteiger partial charge is 0.306 e. The highest BCUT2D eigenvalue weighted by Crippen LogP contribution is 2.14. The van der Waals surface area contributed by atoms with Crippen molar-refractivity contribution < 1.29 is 28.6 Å². The summed E-state index contributed by atoms with van der Waals surface area (Å²) in [5, 5.41) is 0. The molecule has 0 saturated carbocycles. The van der Waals surface area contributed by atoms with Crippen molar-refractivity contribution >= 4 is 17.9 Å². The van der Waals surface area contributed by atoms with Gasteiger partial charge in [0, 0.05) is 19.3 Å². The number of carbonyl (C=O) groups is 3. The van der Waals surface area contributed by atoms with Gasteiger partial charge in [0.15, 0.2) is 6.10 Å². The van der Waals surface area contributed by atoms with Crippen LogP contribution in [-0.4, -0.2) is 37.2 Å². The van der Waals surface area contributed by atoms with Crippen LogP contribution in [0.3, 0.4) is 0 Å². The Kier molecular flexibility index (Phi) is 61.4. The van der Waals surface area contributed by atoms with Gasteiger partial charge in [-0.2, -0.15) is 0 Å². The van der Waals surface area contributed by atoms with Gasteiger partial charge in [-0.05, 0) is 141 Å². The molecular formula is C72H118O6. The van der Waals surface area contributed by atoms with E-state index in [-0.39, 0.29) is 31.1 Å². The maximum atomic E-state index is 12.9. The van der Waals surface area contributed by atoms with Gasteiger partial charge >= 0.3 is 17.9 Å². The Morgan fingerprint density at radius 3 is 0.821 bits per heavy atom. The second-order valence-corrected chi connectivity index (χ2v) is 20.9. The topological polar surface area (TPSA) is 78.9 Å². The van der Waals surface area contributed by atoms with Gasteiger partial charge in [0.1, 0.15) is 13.2 Å². The molecule has 6 nitrogen and oxygen atoms in total. The second-order valence-electron chi connectivity index (χ2n) is 20.9. The second kappa shape index (κ2) is 65.1. The van der Waals surface area contributed by atoms with Crippen LogP contribution in [0.1, 0.15) is 284 Å². The van der Waals surface area contributed by atoms with Crippen molar-refractivity contribution in [2.24, 2.45) is 0 Å². The Morgan fingerprint density at radius 1 is 0.269 bits per heavy atom. The summed E-state index contributed by atoms with van der Waals surface area (Å²) in [4.78, 5) is 38.4. The number of hydrogen-bond donors (Lipinski definition) is 0. The molecule has 0 aromatic rings. The molecule has 0 N–H and O–H groups in total. The highest BCUT2D eigenvalue weighted by molar-refractivity contribution is 5.71. The first-order valence-electron chi connectivity index (χ1n) is 32.2. The Balaban J connectivity index is 4.49. The summed E-state index contributed by atoms with van der Waals surface area (Å²) in [7, 11) is 0. The first-order valence-corrected chi connectivity index (χ1v) is 32.2. The van der Waals surface area contributed by atoms with Gasteiger partial charge in [0.2, 0.25) is 0 Å². The lowest BCUT2D eigenvalue weighted by Crippen LogP contribution is -2.30. The third kappa shape index (κ3) is 62.4. The lowest BCUT2D eigenvalue weighted by Gasteiger charge is -2.18. The van der Waals surface area contributed by atoms with Crippen LogP contribution in [0.5, 0.6) is 0 Å². The molecule has 6 heteroatoms. The summed E-state index contributed by atoms with van der Waals surface area (Å²) in [6, 6.07) is 0. The number of ether oxygens (including phenoxy) is 3. The number of carbonyl (C=O) groups excluding carboxylic acids is 3. The minimum atomic E-state index is -0.806. The van der Waals surface area contributed by atoms with Crippen molar-refractivity contribution in [2.45, 2.75) is 290 Å². The fourth-order valence-electron chi connectivity index (χ4n) is 8.54. The molecule has 1 unspecified atom stereocenters. The summed E-state index contributed by atoms with van der Waals surface area (Å²) in [6.45, 7) is 6.45. The Morgan fingerprint density at radius 2 is 0.500 bits per heavy atom. The third-order valence-electron chi connectivity index (χ3n) is 13.4. The first-order chi connectivity index (χ1) is 38.5. The van der Waals surface area contributed by atoms with Crippen LogP contribution in [0.25, 0.3) is 0 Å². The monoisotopic (exact) mass is 1080 g/mol. The predicted octanol–water partition coefficient (Wildman–Crippen LogP) is 22.2. The zero-order valence-electron chi connectivity index (χ0n) is 50.6. The fourth-order valence-corrected chi connectivity index (χ4v) is 8.54. The largest absolute Gasteiger partial charge is 0.462 e. The first kappa shape index (κ1) is 73.5. The number of esters is 3. The average molecular weight is 1080 g/mol. The predicted molar refractivity (Wildman–Crippen MR) is 339 cm³/mol. The van der Waals surface area contributed by atoms with E-state index in [2.05, 4.69) is 154 Å². The average Bonchev–Trinajstić information content (AvgIpc) is 3.44. The van der Waals surface area contributed by atoms with Crippen molar-refractivity contribution in [3.63, 3.8) is 0 Å². The summed E-state index contributed by atoms with van der Waals surface area (Å²) < 4.78 is 16.9. The molecular weight excluding hydrogens is 961 g/mol. The van der Waals surface area contributed by atoms with E-state index in [9.17, 15) is 14.4 Å². The minimum absolute atomic E-state index is 0.0997. The zero-order valence-corrected chi connectivity index (χ0v) is 50.6. The molecule has 0 aromatic heterocycles. The van der Waals surface area contributed by atoms with Crippen molar-refractivity contribution in [1.82, 2.24) is 0 Å². The number of unbranched alkanes of at least 4 members (excludes halogenated alkanes) is 24. The van der Waals surface area contributed by atoms with E-state index in [0.29, 0.717) is 19.3 Å². The molecule has 0 bridgehead atoms. The molecule has 0 amide bonds. The van der Waals surface area contributed by atoms with Crippen molar-refractivity contribution in [2.75, 3.05) is 13.2 Å². The van der Waals surface area contributed by atoms with Gasteiger partial charge in [-0.15, -0.1) is 0 Å². The molecule has 0 rings (SSSR count). The van der Waals surface area contributed by atoms with Gasteiger partial charge in [-0.3, -0.25) is 14.4 Å². The molecule has 0 aromatic carbocycles. The minimum Gasteiger partial charge on any atom is -0.462 e. The van der Waals surface area contributed by atoms with Crippen molar-refractivity contribution in [3.8, 4) is 0 Å². The normalized spacial score (nSPS) is 13.0. The molecule has 0 aliphatic carbocycles. The van der Waals surface area contributed by atoms with E-state index >= 15 is 0 Å². The summed E-state index contributed by atoms with van der Waals surface area (Å²) in [6.07, 6.45) is 91.6. The van der Waals surface area contributed by atoms with Crippen LogP contribution in [-0.2, 0) is 28.6 Å². The van der Waals surface area contributed by atoms with Crippen LogP contribution in [0.4, 0.5) is 0 Å². The lowest BCUT2D eigenvalue weighted by molar-refractivity contribution is -0.167. The van der Waals surface area contributed by atoms with E-state index < -0.39 is 6.10 Å². The van der Waals surface area contributed by atoms with E-state index in [0.717, 1.165) is 135 Å². The zero-order chi connectivity index (χ0) is 56.4. The standard InChI is InChI=1S/C72H118O6/c1-4-7-10-13-16-19-22-25-28-31-33-34-35-36-37-38-39-42-44-47-50-53-56-59-62-65-71(74)77-68-69(67-76-70(73)64-61-58-55-52-49-46-43-40-30-27-24-21-18-15-12-9-6-3)78-72(75)66-63-60-57-54-51-48-45-41-32-29-26-23-20-17-14-11-8-5-2/h7,10,16,18-21,23,25,27-30,32-34,36-37,39,42,47,50,69H,4-6,8-9,11-15,17,22,24,26,31,35,38,40-41,43-46,48-49,51-68H2,1-3H3/b10-7-,19-16-,21-18-,23-20-,28-25-,30-27-,32-29-,34-33-,37-36-,42-39-,50-47-.